The van der Waals surface area contributed by atoms with Crippen LogP contribution in [0.5, 0.6) is 0 Å². The molecule has 255 valence electrons. The van der Waals surface area contributed by atoms with Gasteiger partial charge in [0.2, 0.25) is 0 Å². The third-order valence-corrected chi connectivity index (χ3v) is 11.3. The molecular weight excluding hydrogens is 791 g/mol. The van der Waals surface area contributed by atoms with Crippen LogP contribution in [-0.4, -0.2) is 15.9 Å². The summed E-state index contributed by atoms with van der Waals surface area (Å²) in [4.78, 5) is 16.9. The molecule has 0 bridgehead atoms. The Hall–Kier alpha value is -3.31. The van der Waals surface area contributed by atoms with Crippen molar-refractivity contribution in [3.8, 4) is 11.3 Å². The van der Waals surface area contributed by atoms with Gasteiger partial charge in [-0.25, -0.2) is 0 Å². The predicted molar refractivity (Wildman–Crippen MR) is 200 cm³/mol. The summed E-state index contributed by atoms with van der Waals surface area (Å²) in [5, 5.41) is 18.1. The molecule has 0 saturated heterocycles. The van der Waals surface area contributed by atoms with Gasteiger partial charge < -0.3 is 9.52 Å². The standard InChI is InChI=1S/C27H20NOS.C15H28O2.Ir/c1-27(2,3)22-14-18(12-16-6-4-5-7-19(16)22)25-26-20(8-10-28-25)21-13-17-9-11-30-24(17)15-23(21)29-26;1-7-14(5,8-2)12(16)11-13(17)15(6,9-3)10-4;/h4-11,13-15H,1-3H3;11,16H,7-10H2,1-6H3;/q-1;;/b;12-11-;. The summed E-state index contributed by atoms with van der Waals surface area (Å²) in [7, 11) is 0. The molecule has 0 aliphatic carbocycles. The second-order valence-electron chi connectivity index (χ2n) is 14.3. The van der Waals surface area contributed by atoms with Crippen molar-refractivity contribution in [3.05, 3.63) is 89.6 Å². The Morgan fingerprint density at radius 2 is 1.54 bits per heavy atom. The first kappa shape index (κ1) is 37.5. The van der Waals surface area contributed by atoms with E-state index in [1.165, 1.54) is 27.1 Å². The van der Waals surface area contributed by atoms with E-state index in [1.54, 1.807) is 11.3 Å². The molecule has 1 N–H and O–H groups in total. The van der Waals surface area contributed by atoms with Crippen LogP contribution >= 0.6 is 11.3 Å². The van der Waals surface area contributed by atoms with Crippen molar-refractivity contribution in [2.45, 2.75) is 93.4 Å². The van der Waals surface area contributed by atoms with E-state index in [2.05, 4.69) is 86.8 Å². The van der Waals surface area contributed by atoms with Gasteiger partial charge in [-0.05, 0) is 66.1 Å². The predicted octanol–water partition coefficient (Wildman–Crippen LogP) is 12.8. The van der Waals surface area contributed by atoms with E-state index in [4.69, 9.17) is 9.40 Å². The average Bonchev–Trinajstić information content (AvgIpc) is 3.69. The van der Waals surface area contributed by atoms with Gasteiger partial charge in [0.05, 0.1) is 0 Å². The summed E-state index contributed by atoms with van der Waals surface area (Å²) in [5.41, 5.74) is 4.27. The Morgan fingerprint density at radius 1 is 0.875 bits per heavy atom. The number of furan rings is 1. The number of benzene rings is 3. The van der Waals surface area contributed by atoms with Crippen molar-refractivity contribution >= 4 is 59.9 Å². The van der Waals surface area contributed by atoms with E-state index in [-0.39, 0.29) is 47.9 Å². The van der Waals surface area contributed by atoms with Crippen LogP contribution in [0.4, 0.5) is 0 Å². The van der Waals surface area contributed by atoms with Gasteiger partial charge in [-0.3, -0.25) is 9.78 Å². The maximum absolute atomic E-state index is 12.2. The molecule has 6 heteroatoms. The zero-order valence-corrected chi connectivity index (χ0v) is 32.9. The molecule has 0 atom stereocenters. The quantitative estimate of drug-likeness (QED) is 0.0942. The maximum Gasteiger partial charge on any atom is 0.164 e. The summed E-state index contributed by atoms with van der Waals surface area (Å²) in [6.45, 7) is 18.8. The molecule has 6 aromatic rings. The van der Waals surface area contributed by atoms with Crippen molar-refractivity contribution in [2.24, 2.45) is 10.8 Å². The van der Waals surface area contributed by atoms with Crippen LogP contribution in [0.1, 0.15) is 93.6 Å². The number of pyridine rings is 1. The first-order valence-corrected chi connectivity index (χ1v) is 17.8. The number of carbonyl (C=O) groups is 1. The summed E-state index contributed by atoms with van der Waals surface area (Å²) < 4.78 is 7.62. The average molecular weight is 839 g/mol. The van der Waals surface area contributed by atoms with Crippen LogP contribution < -0.4 is 0 Å². The van der Waals surface area contributed by atoms with Gasteiger partial charge in [-0.2, -0.15) is 0 Å². The fourth-order valence-corrected chi connectivity index (χ4v) is 6.81. The van der Waals surface area contributed by atoms with Gasteiger partial charge in [-0.1, -0.05) is 91.5 Å². The van der Waals surface area contributed by atoms with E-state index in [9.17, 15) is 9.90 Å². The molecule has 3 aromatic heterocycles. The third-order valence-electron chi connectivity index (χ3n) is 10.4. The number of aromatic nitrogens is 1. The van der Waals surface area contributed by atoms with Crippen molar-refractivity contribution in [1.29, 1.82) is 0 Å². The maximum atomic E-state index is 12.2. The minimum absolute atomic E-state index is 0. The van der Waals surface area contributed by atoms with E-state index >= 15 is 0 Å². The molecule has 0 aliphatic heterocycles. The molecule has 0 saturated carbocycles. The molecular formula is C42H48IrNO3S-. The first-order chi connectivity index (χ1) is 22.3. The molecule has 0 fully saturated rings. The van der Waals surface area contributed by atoms with Crippen molar-refractivity contribution in [3.63, 3.8) is 0 Å². The van der Waals surface area contributed by atoms with Gasteiger partial charge >= 0.3 is 0 Å². The summed E-state index contributed by atoms with van der Waals surface area (Å²) >= 11 is 1.74. The fourth-order valence-electron chi connectivity index (χ4n) is 6.01. The molecule has 6 rings (SSSR count). The van der Waals surface area contributed by atoms with Gasteiger partial charge in [-0.15, -0.1) is 40.5 Å². The molecule has 3 aromatic carbocycles. The van der Waals surface area contributed by atoms with Crippen LogP contribution in [0, 0.1) is 16.9 Å². The van der Waals surface area contributed by atoms with Gasteiger partial charge in [0.15, 0.2) is 5.78 Å². The Kier molecular flexibility index (Phi) is 11.5. The van der Waals surface area contributed by atoms with E-state index < -0.39 is 0 Å². The molecule has 0 spiro atoms. The van der Waals surface area contributed by atoms with Gasteiger partial charge in [0.1, 0.15) is 16.9 Å². The number of ketones is 1. The van der Waals surface area contributed by atoms with Crippen molar-refractivity contribution < 1.29 is 34.4 Å². The minimum atomic E-state index is -0.337. The minimum Gasteiger partial charge on any atom is -0.512 e. The number of aliphatic hydroxyl groups excluding tert-OH is 1. The Balaban J connectivity index is 0.000000251. The van der Waals surface area contributed by atoms with E-state index in [0.717, 1.165) is 64.3 Å². The van der Waals surface area contributed by atoms with Crippen molar-refractivity contribution in [1.82, 2.24) is 4.98 Å². The van der Waals surface area contributed by atoms with Crippen LogP contribution in [0.3, 0.4) is 0 Å². The number of aliphatic hydroxyl groups is 1. The second-order valence-corrected chi connectivity index (χ2v) is 15.2. The zero-order chi connectivity index (χ0) is 34.1. The number of allylic oxidation sites excluding steroid dienone is 2. The van der Waals surface area contributed by atoms with E-state index in [1.807, 2.05) is 47.7 Å². The molecule has 48 heavy (non-hydrogen) atoms. The topological polar surface area (TPSA) is 63.3 Å². The smallest absolute Gasteiger partial charge is 0.164 e. The number of thiophene rings is 1. The van der Waals surface area contributed by atoms with E-state index in [0.29, 0.717) is 0 Å². The summed E-state index contributed by atoms with van der Waals surface area (Å²) in [5.74, 6) is 0.286. The van der Waals surface area contributed by atoms with Crippen molar-refractivity contribution in [2.75, 3.05) is 0 Å². The van der Waals surface area contributed by atoms with Crippen LogP contribution in [-0.2, 0) is 30.3 Å². The van der Waals surface area contributed by atoms with Crippen LogP contribution in [0.25, 0.3) is 54.1 Å². The first-order valence-electron chi connectivity index (χ1n) is 16.9. The normalized spacial score (nSPS) is 12.7. The fraction of sp³-hybridized carbons (Fsp3) is 0.381. The van der Waals surface area contributed by atoms with Crippen LogP contribution in [0.15, 0.2) is 82.4 Å². The molecule has 3 heterocycles. The molecule has 0 aliphatic rings. The molecule has 4 nitrogen and oxygen atoms in total. The number of fused-ring (bicyclic) bond motifs is 5. The number of hydrogen-bond donors (Lipinski definition) is 1. The number of nitrogens with zero attached hydrogens (tertiary/aromatic N) is 1. The third kappa shape index (κ3) is 7.17. The van der Waals surface area contributed by atoms with Gasteiger partial charge in [0.25, 0.3) is 0 Å². The number of carbonyl (C=O) groups excluding carboxylic acids is 1. The van der Waals surface area contributed by atoms with Crippen LogP contribution in [0.2, 0.25) is 0 Å². The SMILES string of the molecule is CC(C)(C)c1cc(-c2nccc3c2oc2cc4sccc4cc23)[c-]c2ccccc12.CCC(C)(CC)C(=O)/C=C(\O)C(C)(CC)CC.[Ir]. The Labute approximate surface area is 303 Å². The second kappa shape index (κ2) is 14.7. The number of hydrogen-bond acceptors (Lipinski definition) is 5. The zero-order valence-electron chi connectivity index (χ0n) is 29.7. The molecule has 0 unspecified atom stereocenters. The Morgan fingerprint density at radius 3 is 2.19 bits per heavy atom. The molecule has 1 radical (unpaired) electrons. The van der Waals surface area contributed by atoms with Gasteiger partial charge in [0, 0.05) is 64.4 Å². The Bertz CT molecular complexity index is 2090. The largest absolute Gasteiger partial charge is 0.512 e. The number of rotatable bonds is 8. The monoisotopic (exact) mass is 839 g/mol. The molecule has 0 amide bonds. The summed E-state index contributed by atoms with van der Waals surface area (Å²) in [6.07, 6.45) is 6.63. The summed E-state index contributed by atoms with van der Waals surface area (Å²) in [6, 6.07) is 22.9.